The number of rotatable bonds is 7. The Morgan fingerprint density at radius 3 is 2.82 bits per heavy atom. The minimum Gasteiger partial charge on any atom is -0.495 e. The second-order valence-corrected chi connectivity index (χ2v) is 7.50. The summed E-state index contributed by atoms with van der Waals surface area (Å²) in [5.74, 6) is -0.408. The first kappa shape index (κ1) is 20.4. The highest BCUT2D eigenvalue weighted by molar-refractivity contribution is 7.97. The summed E-state index contributed by atoms with van der Waals surface area (Å²) in [4.78, 5) is 12.3. The van der Waals surface area contributed by atoms with Crippen LogP contribution in [0.5, 0.6) is 5.75 Å². The fourth-order valence-corrected chi connectivity index (χ4v) is 3.99. The Labute approximate surface area is 170 Å². The molecular formula is C19H19ClFN3O3S. The SMILES string of the molecule is COc1cc(Cl)ccc1SN[C@H](c1n[nH]c(=O)o1)C(C)c1cccc(F)c1C. The number of benzene rings is 2. The summed E-state index contributed by atoms with van der Waals surface area (Å²) in [5, 5.41) is 6.78. The van der Waals surface area contributed by atoms with Crippen LogP contribution in [0, 0.1) is 12.7 Å². The maximum absolute atomic E-state index is 14.0. The second kappa shape index (κ2) is 8.81. The van der Waals surface area contributed by atoms with Gasteiger partial charge in [0, 0.05) is 10.9 Å². The predicted molar refractivity (Wildman–Crippen MR) is 106 cm³/mol. The molecule has 0 saturated carbocycles. The topological polar surface area (TPSA) is 80.1 Å². The Morgan fingerprint density at radius 2 is 2.14 bits per heavy atom. The number of halogens is 2. The fourth-order valence-electron chi connectivity index (χ4n) is 2.89. The van der Waals surface area contributed by atoms with Crippen LogP contribution in [0.3, 0.4) is 0 Å². The summed E-state index contributed by atoms with van der Waals surface area (Å²) in [6.07, 6.45) is 0. The molecule has 0 saturated heterocycles. The molecule has 1 aromatic heterocycles. The summed E-state index contributed by atoms with van der Waals surface area (Å²) in [6, 6.07) is 9.67. The van der Waals surface area contributed by atoms with Gasteiger partial charge in [-0.25, -0.2) is 19.0 Å². The number of methoxy groups -OCH3 is 1. The van der Waals surface area contributed by atoms with E-state index in [1.54, 1.807) is 32.2 Å². The van der Waals surface area contributed by atoms with Gasteiger partial charge in [0.15, 0.2) is 0 Å². The molecule has 3 rings (SSSR count). The van der Waals surface area contributed by atoms with E-state index in [-0.39, 0.29) is 17.6 Å². The van der Waals surface area contributed by atoms with Crippen molar-refractivity contribution >= 4 is 23.5 Å². The van der Waals surface area contributed by atoms with E-state index in [0.717, 1.165) is 10.5 Å². The molecule has 0 aliphatic heterocycles. The summed E-state index contributed by atoms with van der Waals surface area (Å²) in [6.45, 7) is 3.63. The second-order valence-electron chi connectivity index (χ2n) is 6.19. The average molecular weight is 424 g/mol. The van der Waals surface area contributed by atoms with Crippen molar-refractivity contribution in [2.75, 3.05) is 7.11 Å². The van der Waals surface area contributed by atoms with Crippen molar-refractivity contribution in [3.8, 4) is 5.75 Å². The molecule has 9 heteroatoms. The van der Waals surface area contributed by atoms with E-state index in [1.807, 2.05) is 19.1 Å². The van der Waals surface area contributed by atoms with Gasteiger partial charge >= 0.3 is 5.76 Å². The van der Waals surface area contributed by atoms with Crippen molar-refractivity contribution in [3.05, 3.63) is 74.8 Å². The summed E-state index contributed by atoms with van der Waals surface area (Å²) in [5.41, 5.74) is 1.32. The molecule has 2 N–H and O–H groups in total. The third-order valence-corrected chi connectivity index (χ3v) is 5.61. The number of nitrogens with one attached hydrogen (secondary N) is 2. The number of hydrogen-bond donors (Lipinski definition) is 2. The Balaban J connectivity index is 1.92. The third-order valence-electron chi connectivity index (χ3n) is 4.44. The van der Waals surface area contributed by atoms with Gasteiger partial charge in [-0.05, 0) is 54.3 Å². The number of H-pyrrole nitrogens is 1. The molecule has 0 aliphatic carbocycles. The number of aromatic nitrogens is 2. The minimum atomic E-state index is -0.654. The van der Waals surface area contributed by atoms with Gasteiger partial charge in [0.1, 0.15) is 17.6 Å². The van der Waals surface area contributed by atoms with E-state index in [0.29, 0.717) is 16.3 Å². The lowest BCUT2D eigenvalue weighted by Gasteiger charge is -2.24. The van der Waals surface area contributed by atoms with Gasteiger partial charge in [-0.2, -0.15) is 0 Å². The van der Waals surface area contributed by atoms with Crippen LogP contribution in [0.1, 0.15) is 35.9 Å². The number of aromatic amines is 1. The van der Waals surface area contributed by atoms with Gasteiger partial charge in [0.05, 0.1) is 12.0 Å². The maximum Gasteiger partial charge on any atom is 0.434 e. The molecule has 148 valence electrons. The van der Waals surface area contributed by atoms with Crippen LogP contribution in [-0.4, -0.2) is 17.3 Å². The zero-order valence-electron chi connectivity index (χ0n) is 15.5. The van der Waals surface area contributed by atoms with Gasteiger partial charge in [0.2, 0.25) is 5.89 Å². The maximum atomic E-state index is 14.0. The number of ether oxygens (including phenoxy) is 1. The predicted octanol–water partition coefficient (Wildman–Crippen LogP) is 4.61. The number of nitrogens with zero attached hydrogens (tertiary/aromatic N) is 1. The van der Waals surface area contributed by atoms with Crippen molar-refractivity contribution in [3.63, 3.8) is 0 Å². The molecule has 2 aromatic carbocycles. The van der Waals surface area contributed by atoms with Crippen LogP contribution >= 0.6 is 23.5 Å². The summed E-state index contributed by atoms with van der Waals surface area (Å²) in [7, 11) is 1.55. The quantitative estimate of drug-likeness (QED) is 0.540. The lowest BCUT2D eigenvalue weighted by molar-refractivity contribution is 0.387. The van der Waals surface area contributed by atoms with E-state index in [4.69, 9.17) is 20.8 Å². The van der Waals surface area contributed by atoms with Crippen LogP contribution in [-0.2, 0) is 0 Å². The molecule has 28 heavy (non-hydrogen) atoms. The zero-order valence-corrected chi connectivity index (χ0v) is 17.0. The molecule has 0 fully saturated rings. The van der Waals surface area contributed by atoms with Gasteiger partial charge in [-0.15, -0.1) is 5.10 Å². The first-order chi connectivity index (χ1) is 13.4. The molecule has 0 spiro atoms. The molecule has 0 radical (unpaired) electrons. The highest BCUT2D eigenvalue weighted by Crippen LogP contribution is 2.37. The van der Waals surface area contributed by atoms with Crippen LogP contribution in [0.4, 0.5) is 4.39 Å². The molecule has 2 atom stereocenters. The highest BCUT2D eigenvalue weighted by atomic mass is 35.5. The Kier molecular flexibility index (Phi) is 6.43. The van der Waals surface area contributed by atoms with Crippen molar-refractivity contribution < 1.29 is 13.5 Å². The van der Waals surface area contributed by atoms with Crippen molar-refractivity contribution in [1.82, 2.24) is 14.9 Å². The lowest BCUT2D eigenvalue weighted by atomic mass is 9.90. The van der Waals surface area contributed by atoms with Crippen molar-refractivity contribution in [2.24, 2.45) is 0 Å². The first-order valence-corrected chi connectivity index (χ1v) is 9.66. The first-order valence-electron chi connectivity index (χ1n) is 8.47. The normalized spacial score (nSPS) is 13.3. The van der Waals surface area contributed by atoms with Gasteiger partial charge in [-0.3, -0.25) is 0 Å². The Bertz CT molecular complexity index is 1020. The summed E-state index contributed by atoms with van der Waals surface area (Å²) >= 11 is 7.29. The van der Waals surface area contributed by atoms with E-state index in [1.165, 1.54) is 18.0 Å². The average Bonchev–Trinajstić information content (AvgIpc) is 3.10. The largest absolute Gasteiger partial charge is 0.495 e. The van der Waals surface area contributed by atoms with Crippen molar-refractivity contribution in [1.29, 1.82) is 0 Å². The molecular weight excluding hydrogens is 405 g/mol. The Morgan fingerprint density at radius 1 is 1.36 bits per heavy atom. The molecule has 0 aliphatic rings. The molecule has 6 nitrogen and oxygen atoms in total. The smallest absolute Gasteiger partial charge is 0.434 e. The minimum absolute atomic E-state index is 0.182. The van der Waals surface area contributed by atoms with Crippen LogP contribution < -0.4 is 15.2 Å². The molecule has 1 heterocycles. The van der Waals surface area contributed by atoms with Crippen LogP contribution in [0.15, 0.2) is 50.5 Å². The molecule has 0 bridgehead atoms. The van der Waals surface area contributed by atoms with E-state index in [2.05, 4.69) is 14.9 Å². The molecule has 3 aromatic rings. The third kappa shape index (κ3) is 4.40. The highest BCUT2D eigenvalue weighted by Gasteiger charge is 2.28. The standard InChI is InChI=1S/C19H19ClFN3O3S/c1-10-13(5-4-6-14(10)21)11(2)17(18-22-23-19(25)27-18)24-28-16-8-7-12(20)9-15(16)26-3/h4-9,11,17,24H,1-3H3,(H,23,25)/t11?,17-/m0/s1. The van der Waals surface area contributed by atoms with E-state index in [9.17, 15) is 9.18 Å². The molecule has 0 amide bonds. The van der Waals surface area contributed by atoms with Gasteiger partial charge in [0.25, 0.3) is 0 Å². The number of hydrogen-bond acceptors (Lipinski definition) is 6. The van der Waals surface area contributed by atoms with E-state index < -0.39 is 11.8 Å². The monoisotopic (exact) mass is 423 g/mol. The fraction of sp³-hybridized carbons (Fsp3) is 0.263. The summed E-state index contributed by atoms with van der Waals surface area (Å²) < 4.78 is 27.8. The lowest BCUT2D eigenvalue weighted by Crippen LogP contribution is -2.22. The van der Waals surface area contributed by atoms with Crippen molar-refractivity contribution in [2.45, 2.75) is 30.7 Å². The van der Waals surface area contributed by atoms with Gasteiger partial charge < -0.3 is 9.15 Å². The van der Waals surface area contributed by atoms with Crippen LogP contribution in [0.25, 0.3) is 0 Å². The Hall–Kier alpha value is -2.29. The molecule has 1 unspecified atom stereocenters. The zero-order chi connectivity index (χ0) is 20.3. The van der Waals surface area contributed by atoms with Crippen LogP contribution in [0.2, 0.25) is 5.02 Å². The van der Waals surface area contributed by atoms with Gasteiger partial charge in [-0.1, -0.05) is 30.7 Å². The van der Waals surface area contributed by atoms with E-state index >= 15 is 0 Å².